The van der Waals surface area contributed by atoms with Gasteiger partial charge in [0.2, 0.25) is 0 Å². The van der Waals surface area contributed by atoms with Crippen molar-refractivity contribution in [3.8, 4) is 5.75 Å². The lowest BCUT2D eigenvalue weighted by molar-refractivity contribution is 0.255. The molecule has 4 heteroatoms. The SMILES string of the molecule is COc1ccc(CN2CC(CN)CC2C)cc1F. The highest BCUT2D eigenvalue weighted by molar-refractivity contribution is 5.29. The van der Waals surface area contributed by atoms with Crippen LogP contribution in [0.1, 0.15) is 18.9 Å². The fraction of sp³-hybridized carbons (Fsp3) is 0.571. The van der Waals surface area contributed by atoms with Crippen LogP contribution in [0.25, 0.3) is 0 Å². The van der Waals surface area contributed by atoms with Crippen LogP contribution in [0, 0.1) is 11.7 Å². The van der Waals surface area contributed by atoms with E-state index < -0.39 is 0 Å². The van der Waals surface area contributed by atoms with Crippen molar-refractivity contribution in [2.24, 2.45) is 11.7 Å². The van der Waals surface area contributed by atoms with Crippen LogP contribution in [0.3, 0.4) is 0 Å². The van der Waals surface area contributed by atoms with Gasteiger partial charge in [-0.15, -0.1) is 0 Å². The van der Waals surface area contributed by atoms with Crippen molar-refractivity contribution >= 4 is 0 Å². The first-order chi connectivity index (χ1) is 8.63. The van der Waals surface area contributed by atoms with Crippen LogP contribution in [-0.2, 0) is 6.54 Å². The molecule has 0 bridgehead atoms. The minimum Gasteiger partial charge on any atom is -0.494 e. The summed E-state index contributed by atoms with van der Waals surface area (Å²) in [7, 11) is 1.48. The van der Waals surface area contributed by atoms with Crippen LogP contribution in [0.15, 0.2) is 18.2 Å². The summed E-state index contributed by atoms with van der Waals surface area (Å²) >= 11 is 0. The van der Waals surface area contributed by atoms with Crippen molar-refractivity contribution in [3.63, 3.8) is 0 Å². The lowest BCUT2D eigenvalue weighted by atomic mass is 10.1. The van der Waals surface area contributed by atoms with Gasteiger partial charge in [-0.05, 0) is 43.5 Å². The molecule has 0 aromatic heterocycles. The van der Waals surface area contributed by atoms with Gasteiger partial charge in [0.1, 0.15) is 0 Å². The van der Waals surface area contributed by atoms with Crippen LogP contribution in [0.4, 0.5) is 4.39 Å². The largest absolute Gasteiger partial charge is 0.494 e. The zero-order valence-corrected chi connectivity index (χ0v) is 11.0. The van der Waals surface area contributed by atoms with Gasteiger partial charge in [-0.1, -0.05) is 6.07 Å². The molecule has 18 heavy (non-hydrogen) atoms. The third-order valence-electron chi connectivity index (χ3n) is 3.73. The van der Waals surface area contributed by atoms with E-state index in [4.69, 9.17) is 10.5 Å². The second-order valence-electron chi connectivity index (χ2n) is 5.08. The topological polar surface area (TPSA) is 38.5 Å². The Bertz CT molecular complexity index is 411. The molecule has 0 aliphatic carbocycles. The highest BCUT2D eigenvalue weighted by Gasteiger charge is 2.27. The quantitative estimate of drug-likeness (QED) is 0.890. The van der Waals surface area contributed by atoms with E-state index in [2.05, 4.69) is 11.8 Å². The third-order valence-corrected chi connectivity index (χ3v) is 3.73. The molecule has 1 aromatic rings. The fourth-order valence-electron chi connectivity index (χ4n) is 2.65. The van der Waals surface area contributed by atoms with Gasteiger partial charge in [0.25, 0.3) is 0 Å². The number of halogens is 1. The minimum atomic E-state index is -0.294. The monoisotopic (exact) mass is 252 g/mol. The smallest absolute Gasteiger partial charge is 0.165 e. The molecule has 1 saturated heterocycles. The molecule has 1 aromatic carbocycles. The first kappa shape index (κ1) is 13.3. The maximum absolute atomic E-state index is 13.6. The average molecular weight is 252 g/mol. The number of ether oxygens (including phenoxy) is 1. The standard InChI is InChI=1S/C14H21FN2O/c1-10-5-12(7-16)9-17(10)8-11-3-4-14(18-2)13(15)6-11/h3-4,6,10,12H,5,7-9,16H2,1-2H3. The Morgan fingerprint density at radius 2 is 2.28 bits per heavy atom. The molecule has 2 N–H and O–H groups in total. The molecule has 2 rings (SSSR count). The lowest BCUT2D eigenvalue weighted by Gasteiger charge is -2.21. The molecule has 0 spiro atoms. The molecule has 1 heterocycles. The Hall–Kier alpha value is -1.13. The molecule has 1 fully saturated rings. The number of nitrogens with zero attached hydrogens (tertiary/aromatic N) is 1. The summed E-state index contributed by atoms with van der Waals surface area (Å²) in [6.45, 7) is 4.72. The van der Waals surface area contributed by atoms with Gasteiger partial charge in [0.05, 0.1) is 7.11 Å². The molecule has 3 nitrogen and oxygen atoms in total. The molecule has 1 aliphatic rings. The summed E-state index contributed by atoms with van der Waals surface area (Å²) in [6.07, 6.45) is 1.13. The van der Waals surface area contributed by atoms with Gasteiger partial charge in [0.15, 0.2) is 11.6 Å². The highest BCUT2D eigenvalue weighted by Crippen LogP contribution is 2.25. The van der Waals surface area contributed by atoms with E-state index in [1.807, 2.05) is 6.07 Å². The molecule has 0 saturated carbocycles. The second-order valence-corrected chi connectivity index (χ2v) is 5.08. The number of hydrogen-bond donors (Lipinski definition) is 1. The zero-order valence-electron chi connectivity index (χ0n) is 11.0. The Balaban J connectivity index is 2.03. The van der Waals surface area contributed by atoms with Gasteiger partial charge in [-0.25, -0.2) is 4.39 Å². The van der Waals surface area contributed by atoms with Crippen molar-refractivity contribution in [2.75, 3.05) is 20.2 Å². The van der Waals surface area contributed by atoms with Gasteiger partial charge < -0.3 is 10.5 Å². The average Bonchev–Trinajstić information content (AvgIpc) is 2.70. The maximum atomic E-state index is 13.6. The molecule has 100 valence electrons. The van der Waals surface area contributed by atoms with E-state index in [-0.39, 0.29) is 5.82 Å². The summed E-state index contributed by atoms with van der Waals surface area (Å²) in [5.41, 5.74) is 6.69. The van der Waals surface area contributed by atoms with E-state index >= 15 is 0 Å². The predicted octanol–water partition coefficient (Wildman–Crippen LogP) is 2.00. The van der Waals surface area contributed by atoms with E-state index in [1.54, 1.807) is 12.1 Å². The zero-order chi connectivity index (χ0) is 13.1. The van der Waals surface area contributed by atoms with E-state index in [9.17, 15) is 4.39 Å². The van der Waals surface area contributed by atoms with Crippen LogP contribution in [-0.4, -0.2) is 31.1 Å². The van der Waals surface area contributed by atoms with Crippen molar-refractivity contribution in [2.45, 2.75) is 25.9 Å². The Morgan fingerprint density at radius 3 is 2.83 bits per heavy atom. The molecule has 0 radical (unpaired) electrons. The fourth-order valence-corrected chi connectivity index (χ4v) is 2.65. The van der Waals surface area contributed by atoms with Crippen LogP contribution in [0.2, 0.25) is 0 Å². The lowest BCUT2D eigenvalue weighted by Crippen LogP contribution is -2.27. The summed E-state index contributed by atoms with van der Waals surface area (Å²) in [5, 5.41) is 0. The number of benzene rings is 1. The molecule has 2 atom stereocenters. The molecule has 1 aliphatic heterocycles. The summed E-state index contributed by atoms with van der Waals surface area (Å²) in [4.78, 5) is 2.36. The molecular formula is C14H21FN2O. The highest BCUT2D eigenvalue weighted by atomic mass is 19.1. The van der Waals surface area contributed by atoms with Crippen molar-refractivity contribution in [1.29, 1.82) is 0 Å². The molecule has 0 amide bonds. The number of hydrogen-bond acceptors (Lipinski definition) is 3. The first-order valence-electron chi connectivity index (χ1n) is 6.40. The Labute approximate surface area is 108 Å². The number of likely N-dealkylation sites (tertiary alicyclic amines) is 1. The van der Waals surface area contributed by atoms with Crippen molar-refractivity contribution < 1.29 is 9.13 Å². The van der Waals surface area contributed by atoms with Crippen molar-refractivity contribution in [1.82, 2.24) is 4.90 Å². The predicted molar refractivity (Wildman–Crippen MR) is 70.0 cm³/mol. The van der Waals surface area contributed by atoms with Gasteiger partial charge in [-0.2, -0.15) is 0 Å². The van der Waals surface area contributed by atoms with E-state index in [0.717, 1.165) is 31.6 Å². The summed E-state index contributed by atoms with van der Waals surface area (Å²) < 4.78 is 18.5. The first-order valence-corrected chi connectivity index (χ1v) is 6.40. The van der Waals surface area contributed by atoms with Gasteiger partial charge in [0, 0.05) is 19.1 Å². The van der Waals surface area contributed by atoms with Crippen molar-refractivity contribution in [3.05, 3.63) is 29.6 Å². The third kappa shape index (κ3) is 2.82. The summed E-state index contributed by atoms with van der Waals surface area (Å²) in [5.74, 6) is 0.577. The van der Waals surface area contributed by atoms with Gasteiger partial charge in [-0.3, -0.25) is 4.90 Å². The number of nitrogens with two attached hydrogens (primary N) is 1. The summed E-state index contributed by atoms with van der Waals surface area (Å²) in [6, 6.07) is 5.68. The van der Waals surface area contributed by atoms with Crippen LogP contribution in [0.5, 0.6) is 5.75 Å². The second kappa shape index (κ2) is 5.67. The normalized spacial score (nSPS) is 24.4. The van der Waals surface area contributed by atoms with Gasteiger partial charge >= 0.3 is 0 Å². The molecular weight excluding hydrogens is 231 g/mol. The Morgan fingerprint density at radius 1 is 1.50 bits per heavy atom. The van der Waals surface area contributed by atoms with Crippen LogP contribution < -0.4 is 10.5 Å². The maximum Gasteiger partial charge on any atom is 0.165 e. The van der Waals surface area contributed by atoms with E-state index in [0.29, 0.717) is 17.7 Å². The van der Waals surface area contributed by atoms with E-state index in [1.165, 1.54) is 7.11 Å². The number of rotatable bonds is 4. The number of methoxy groups -OCH3 is 1. The van der Waals surface area contributed by atoms with Crippen LogP contribution >= 0.6 is 0 Å². The molecule has 2 unspecified atom stereocenters. The minimum absolute atomic E-state index is 0.294. The Kier molecular flexibility index (Phi) is 4.19.